The van der Waals surface area contributed by atoms with Crippen LogP contribution in [0, 0.1) is 0 Å². The summed E-state index contributed by atoms with van der Waals surface area (Å²) in [6.45, 7) is 0. The zero-order chi connectivity index (χ0) is 12.6. The van der Waals surface area contributed by atoms with Gasteiger partial charge >= 0.3 is 0 Å². The molecule has 5 rings (SSSR count). The second-order valence-corrected chi connectivity index (χ2v) is 7.02. The molecule has 0 N–H and O–H groups in total. The number of thiophene rings is 1. The van der Waals surface area contributed by atoms with Gasteiger partial charge < -0.3 is 4.40 Å². The molecule has 1 nitrogen and oxygen atoms in total. The van der Waals surface area contributed by atoms with Gasteiger partial charge in [-0.15, -0.1) is 11.3 Å². The van der Waals surface area contributed by atoms with Crippen LogP contribution in [0.1, 0.15) is 0 Å². The minimum absolute atomic E-state index is 1.21. The maximum atomic E-state index is 3.71. The van der Waals surface area contributed by atoms with E-state index in [2.05, 4.69) is 68.2 Å². The van der Waals surface area contributed by atoms with E-state index in [1.807, 2.05) is 0 Å². The lowest BCUT2D eigenvalue weighted by atomic mass is 10.1. The molecule has 0 amide bonds. The first-order chi connectivity index (χ1) is 9.36. The van der Waals surface area contributed by atoms with E-state index in [1.165, 1.54) is 41.9 Å². The fourth-order valence-electron chi connectivity index (χ4n) is 3.20. The van der Waals surface area contributed by atoms with Gasteiger partial charge in [0.1, 0.15) is 0 Å². The zero-order valence-electron chi connectivity index (χ0n) is 9.85. The summed E-state index contributed by atoms with van der Waals surface area (Å²) in [7, 11) is 0. The first-order valence-electron chi connectivity index (χ1n) is 6.16. The molecule has 0 atom stereocenters. The van der Waals surface area contributed by atoms with Gasteiger partial charge in [-0.2, -0.15) is 0 Å². The van der Waals surface area contributed by atoms with Gasteiger partial charge in [0.2, 0.25) is 0 Å². The molecule has 3 heteroatoms. The van der Waals surface area contributed by atoms with E-state index in [0.717, 1.165) is 0 Å². The number of halogens is 1. The lowest BCUT2D eigenvalue weighted by Crippen LogP contribution is -1.78. The Labute approximate surface area is 121 Å². The van der Waals surface area contributed by atoms with E-state index in [-0.39, 0.29) is 0 Å². The highest BCUT2D eigenvalue weighted by molar-refractivity contribution is 9.11. The van der Waals surface area contributed by atoms with Crippen molar-refractivity contribution in [2.24, 2.45) is 0 Å². The molecule has 0 fully saturated rings. The normalized spacial score (nSPS) is 12.5. The minimum Gasteiger partial charge on any atom is -0.306 e. The van der Waals surface area contributed by atoms with Crippen molar-refractivity contribution in [2.75, 3.05) is 0 Å². The van der Waals surface area contributed by atoms with Crippen LogP contribution in [0.15, 0.2) is 51.6 Å². The molecule has 3 heterocycles. The summed E-state index contributed by atoms with van der Waals surface area (Å²) >= 11 is 5.47. The maximum absolute atomic E-state index is 3.71. The monoisotopic (exact) mass is 325 g/mol. The smallest absolute Gasteiger partial charge is 0.0945 e. The summed E-state index contributed by atoms with van der Waals surface area (Å²) in [5, 5.41) is 7.63. The number of benzene rings is 2. The van der Waals surface area contributed by atoms with Crippen molar-refractivity contribution in [1.29, 1.82) is 0 Å². The summed E-state index contributed by atoms with van der Waals surface area (Å²) in [4.78, 5) is 0. The standard InChI is InChI=1S/C16H8BrNS/c17-16-15-12(8-19-16)11-6-3-5-10-9-4-1-2-7-13(9)18(15)14(10)11/h1-8H. The number of fused-ring (bicyclic) bond motifs is 6. The molecule has 0 aliphatic carbocycles. The summed E-state index contributed by atoms with van der Waals surface area (Å²) in [5.41, 5.74) is 3.95. The van der Waals surface area contributed by atoms with Gasteiger partial charge in [0, 0.05) is 26.9 Å². The van der Waals surface area contributed by atoms with Crippen LogP contribution < -0.4 is 0 Å². The van der Waals surface area contributed by atoms with Crippen LogP contribution in [0.5, 0.6) is 0 Å². The average molecular weight is 326 g/mol. The quantitative estimate of drug-likeness (QED) is 0.346. The molecule has 3 aromatic heterocycles. The Kier molecular flexibility index (Phi) is 1.78. The van der Waals surface area contributed by atoms with Crippen LogP contribution >= 0.6 is 27.3 Å². The average Bonchev–Trinajstić information content (AvgIpc) is 3.07. The highest BCUT2D eigenvalue weighted by atomic mass is 79.9. The van der Waals surface area contributed by atoms with Crippen LogP contribution in [0.4, 0.5) is 0 Å². The minimum atomic E-state index is 1.21. The number of para-hydroxylation sites is 2. The van der Waals surface area contributed by atoms with Crippen LogP contribution in [0.3, 0.4) is 0 Å². The first-order valence-corrected chi connectivity index (χ1v) is 7.83. The number of hydrogen-bond acceptors (Lipinski definition) is 1. The Morgan fingerprint density at radius 2 is 1.53 bits per heavy atom. The van der Waals surface area contributed by atoms with Gasteiger partial charge in [-0.05, 0) is 22.0 Å². The zero-order valence-corrected chi connectivity index (χ0v) is 12.3. The van der Waals surface area contributed by atoms with Crippen LogP contribution in [-0.4, -0.2) is 4.40 Å². The van der Waals surface area contributed by atoms with Gasteiger partial charge in [0.05, 0.1) is 20.3 Å². The van der Waals surface area contributed by atoms with E-state index in [9.17, 15) is 0 Å². The van der Waals surface area contributed by atoms with Crippen molar-refractivity contribution in [3.05, 3.63) is 51.6 Å². The summed E-state index contributed by atoms with van der Waals surface area (Å²) < 4.78 is 3.61. The van der Waals surface area contributed by atoms with E-state index in [4.69, 9.17) is 0 Å². The van der Waals surface area contributed by atoms with Crippen LogP contribution in [0.2, 0.25) is 0 Å². The summed E-state index contributed by atoms with van der Waals surface area (Å²) in [6, 6.07) is 15.3. The lowest BCUT2D eigenvalue weighted by Gasteiger charge is -1.93. The highest BCUT2D eigenvalue weighted by Crippen LogP contribution is 2.43. The van der Waals surface area contributed by atoms with E-state index < -0.39 is 0 Å². The third-order valence-electron chi connectivity index (χ3n) is 3.93. The van der Waals surface area contributed by atoms with Gasteiger partial charge in [-0.25, -0.2) is 0 Å². The SMILES string of the molecule is Brc1scc2c3cccc4c5ccccc5n(c12)c43. The first kappa shape index (κ1) is 10.2. The molecular weight excluding hydrogens is 318 g/mol. The Morgan fingerprint density at radius 3 is 2.42 bits per heavy atom. The summed E-state index contributed by atoms with van der Waals surface area (Å²) in [5.74, 6) is 0. The second kappa shape index (κ2) is 3.30. The Balaban J connectivity index is 2.34. The Hall–Kier alpha value is -1.58. The van der Waals surface area contributed by atoms with Crippen molar-refractivity contribution in [3.8, 4) is 0 Å². The van der Waals surface area contributed by atoms with Gasteiger partial charge in [0.15, 0.2) is 0 Å². The van der Waals surface area contributed by atoms with Crippen molar-refractivity contribution < 1.29 is 0 Å². The number of rotatable bonds is 0. The summed E-state index contributed by atoms with van der Waals surface area (Å²) in [6.07, 6.45) is 0. The van der Waals surface area contributed by atoms with Crippen LogP contribution in [0.25, 0.3) is 38.1 Å². The van der Waals surface area contributed by atoms with Crippen molar-refractivity contribution in [3.63, 3.8) is 0 Å². The number of nitrogens with zero attached hydrogens (tertiary/aromatic N) is 1. The number of aromatic nitrogens is 1. The molecule has 19 heavy (non-hydrogen) atoms. The van der Waals surface area contributed by atoms with E-state index >= 15 is 0 Å². The second-order valence-electron chi connectivity index (χ2n) is 4.83. The Morgan fingerprint density at radius 1 is 0.789 bits per heavy atom. The fourth-order valence-corrected chi connectivity index (χ4v) is 4.64. The predicted molar refractivity (Wildman–Crippen MR) is 86.7 cm³/mol. The third kappa shape index (κ3) is 1.07. The van der Waals surface area contributed by atoms with Gasteiger partial charge in [-0.3, -0.25) is 0 Å². The van der Waals surface area contributed by atoms with E-state index in [1.54, 1.807) is 11.3 Å². The Bertz CT molecular complexity index is 1070. The van der Waals surface area contributed by atoms with Crippen molar-refractivity contribution >= 4 is 65.4 Å². The molecule has 0 spiro atoms. The fraction of sp³-hybridized carbons (Fsp3) is 0. The predicted octanol–water partition coefficient (Wildman–Crippen LogP) is 5.66. The maximum Gasteiger partial charge on any atom is 0.0945 e. The molecule has 0 unspecified atom stereocenters. The largest absolute Gasteiger partial charge is 0.306 e. The number of hydrogen-bond donors (Lipinski definition) is 0. The molecule has 2 aromatic carbocycles. The molecule has 90 valence electrons. The van der Waals surface area contributed by atoms with E-state index in [0.29, 0.717) is 0 Å². The molecule has 0 bridgehead atoms. The lowest BCUT2D eigenvalue weighted by molar-refractivity contribution is 1.37. The van der Waals surface area contributed by atoms with Gasteiger partial charge in [0.25, 0.3) is 0 Å². The molecule has 0 aliphatic heterocycles. The molecule has 5 aromatic rings. The topological polar surface area (TPSA) is 4.41 Å². The van der Waals surface area contributed by atoms with Gasteiger partial charge in [-0.1, -0.05) is 36.4 Å². The third-order valence-corrected chi connectivity index (χ3v) is 5.62. The van der Waals surface area contributed by atoms with Crippen LogP contribution in [-0.2, 0) is 0 Å². The molecule has 0 aliphatic rings. The molecular formula is C16H8BrNS. The highest BCUT2D eigenvalue weighted by Gasteiger charge is 2.18. The van der Waals surface area contributed by atoms with Crippen molar-refractivity contribution in [2.45, 2.75) is 0 Å². The molecule has 0 radical (unpaired) electrons. The molecule has 0 saturated heterocycles. The van der Waals surface area contributed by atoms with Crippen molar-refractivity contribution in [1.82, 2.24) is 4.40 Å². The molecule has 0 saturated carbocycles.